The van der Waals surface area contributed by atoms with Gasteiger partial charge in [0.2, 0.25) is 5.91 Å². The highest BCUT2D eigenvalue weighted by atomic mass is 79.9. The molecule has 3 aromatic carbocycles. The maximum atomic E-state index is 14.1. The van der Waals surface area contributed by atoms with Gasteiger partial charge in [0.05, 0.1) is 18.0 Å². The van der Waals surface area contributed by atoms with Gasteiger partial charge in [-0.2, -0.15) is 0 Å². The van der Waals surface area contributed by atoms with Crippen LogP contribution < -0.4 is 10.1 Å². The van der Waals surface area contributed by atoms with Gasteiger partial charge in [-0.05, 0) is 73.7 Å². The standard InChI is InChI=1S/C24H19BrClFN4O2S/c1-2-33-19-10-8-18(9-11-19)31-23(15-3-6-17(26)7-4-15)29-30-24(31)34-14-22(32)28-21-12-5-16(25)13-20(21)27/h3-13H,2,14H2,1H3,(H,28,32). The van der Waals surface area contributed by atoms with Crippen molar-refractivity contribution >= 4 is 50.9 Å². The summed E-state index contributed by atoms with van der Waals surface area (Å²) in [6, 6.07) is 19.2. The van der Waals surface area contributed by atoms with Crippen LogP contribution in [0.1, 0.15) is 6.92 Å². The fourth-order valence-corrected chi connectivity index (χ4v) is 4.36. The Kier molecular flexibility index (Phi) is 7.87. The number of amides is 1. The number of nitrogens with one attached hydrogen (secondary N) is 1. The normalized spacial score (nSPS) is 10.8. The molecular weight excluding hydrogens is 543 g/mol. The first-order valence-electron chi connectivity index (χ1n) is 10.3. The molecule has 10 heteroatoms. The Morgan fingerprint density at radius 1 is 1.12 bits per heavy atom. The van der Waals surface area contributed by atoms with Gasteiger partial charge in [-0.15, -0.1) is 10.2 Å². The molecular formula is C24H19BrClFN4O2S. The number of hydrogen-bond acceptors (Lipinski definition) is 5. The second-order valence-electron chi connectivity index (χ2n) is 7.04. The zero-order valence-electron chi connectivity index (χ0n) is 18.0. The highest BCUT2D eigenvalue weighted by molar-refractivity contribution is 9.10. The molecule has 0 radical (unpaired) electrons. The molecule has 0 atom stereocenters. The maximum Gasteiger partial charge on any atom is 0.234 e. The first kappa shape index (κ1) is 24.3. The van der Waals surface area contributed by atoms with E-state index in [-0.39, 0.29) is 17.3 Å². The van der Waals surface area contributed by atoms with Gasteiger partial charge >= 0.3 is 0 Å². The second-order valence-corrected chi connectivity index (χ2v) is 9.33. The number of thioether (sulfide) groups is 1. The van der Waals surface area contributed by atoms with Crippen LogP contribution in [0.25, 0.3) is 17.1 Å². The lowest BCUT2D eigenvalue weighted by Crippen LogP contribution is -2.15. The van der Waals surface area contributed by atoms with Crippen molar-refractivity contribution in [3.8, 4) is 22.8 Å². The third kappa shape index (κ3) is 5.78. The van der Waals surface area contributed by atoms with E-state index in [9.17, 15) is 9.18 Å². The van der Waals surface area contributed by atoms with Crippen LogP contribution in [0, 0.1) is 5.82 Å². The van der Waals surface area contributed by atoms with Crippen molar-refractivity contribution in [1.29, 1.82) is 0 Å². The summed E-state index contributed by atoms with van der Waals surface area (Å²) >= 11 is 10.4. The summed E-state index contributed by atoms with van der Waals surface area (Å²) in [7, 11) is 0. The number of aromatic nitrogens is 3. The van der Waals surface area contributed by atoms with Gasteiger partial charge in [-0.25, -0.2) is 4.39 Å². The SMILES string of the molecule is CCOc1ccc(-n2c(SCC(=O)Nc3ccc(Br)cc3F)nnc2-c2ccc(Cl)cc2)cc1. The first-order valence-corrected chi connectivity index (χ1v) is 12.4. The number of anilines is 1. The van der Waals surface area contributed by atoms with Crippen LogP contribution in [-0.4, -0.2) is 33.0 Å². The zero-order chi connectivity index (χ0) is 24.1. The molecule has 1 heterocycles. The van der Waals surface area contributed by atoms with Gasteiger partial charge in [-0.3, -0.25) is 9.36 Å². The molecule has 4 rings (SSSR count). The van der Waals surface area contributed by atoms with Crippen molar-refractivity contribution in [3.63, 3.8) is 0 Å². The Morgan fingerprint density at radius 3 is 2.53 bits per heavy atom. The zero-order valence-corrected chi connectivity index (χ0v) is 21.1. The van der Waals surface area contributed by atoms with Gasteiger partial charge in [0, 0.05) is 20.7 Å². The molecule has 4 aromatic rings. The molecule has 0 saturated heterocycles. The van der Waals surface area contributed by atoms with Crippen LogP contribution in [0.3, 0.4) is 0 Å². The molecule has 0 spiro atoms. The molecule has 0 aliphatic heterocycles. The number of halogens is 3. The number of hydrogen-bond donors (Lipinski definition) is 1. The van der Waals surface area contributed by atoms with E-state index in [4.69, 9.17) is 16.3 Å². The van der Waals surface area contributed by atoms with Gasteiger partial charge in [-0.1, -0.05) is 39.3 Å². The van der Waals surface area contributed by atoms with Crippen LogP contribution in [0.15, 0.2) is 76.4 Å². The van der Waals surface area contributed by atoms with Crippen LogP contribution >= 0.6 is 39.3 Å². The van der Waals surface area contributed by atoms with E-state index in [1.807, 2.05) is 47.9 Å². The Hall–Kier alpha value is -2.88. The van der Waals surface area contributed by atoms with Crippen molar-refractivity contribution in [2.24, 2.45) is 0 Å². The number of rotatable bonds is 8. The molecule has 0 saturated carbocycles. The van der Waals surface area contributed by atoms with E-state index >= 15 is 0 Å². The summed E-state index contributed by atoms with van der Waals surface area (Å²) in [5, 5.41) is 12.4. The largest absolute Gasteiger partial charge is 0.494 e. The second kappa shape index (κ2) is 11.0. The smallest absolute Gasteiger partial charge is 0.234 e. The van der Waals surface area contributed by atoms with E-state index in [0.717, 1.165) is 17.0 Å². The van der Waals surface area contributed by atoms with Crippen LogP contribution in [-0.2, 0) is 4.79 Å². The molecule has 1 N–H and O–H groups in total. The van der Waals surface area contributed by atoms with Crippen molar-refractivity contribution in [2.45, 2.75) is 12.1 Å². The summed E-state index contributed by atoms with van der Waals surface area (Å²) in [5.41, 5.74) is 1.74. The number of nitrogens with zero attached hydrogens (tertiary/aromatic N) is 3. The Labute approximate surface area is 213 Å². The summed E-state index contributed by atoms with van der Waals surface area (Å²) in [6.45, 7) is 2.49. The summed E-state index contributed by atoms with van der Waals surface area (Å²) in [5.74, 6) is 0.488. The van der Waals surface area contributed by atoms with Crippen LogP contribution in [0.5, 0.6) is 5.75 Å². The van der Waals surface area contributed by atoms with Gasteiger partial charge in [0.15, 0.2) is 11.0 Å². The first-order chi connectivity index (χ1) is 16.4. The van der Waals surface area contributed by atoms with E-state index in [0.29, 0.717) is 27.1 Å². The Balaban J connectivity index is 1.60. The summed E-state index contributed by atoms with van der Waals surface area (Å²) in [6.07, 6.45) is 0. The molecule has 0 aliphatic carbocycles. The van der Waals surface area contributed by atoms with Gasteiger partial charge in [0.25, 0.3) is 0 Å². The quantitative estimate of drug-likeness (QED) is 0.245. The number of ether oxygens (including phenoxy) is 1. The van der Waals surface area contributed by atoms with Gasteiger partial charge < -0.3 is 10.1 Å². The summed E-state index contributed by atoms with van der Waals surface area (Å²) < 4.78 is 22.1. The minimum Gasteiger partial charge on any atom is -0.494 e. The molecule has 6 nitrogen and oxygen atoms in total. The fourth-order valence-electron chi connectivity index (χ4n) is 3.15. The van der Waals surface area contributed by atoms with Crippen molar-refractivity contribution in [3.05, 3.63) is 82.0 Å². The minimum atomic E-state index is -0.518. The van der Waals surface area contributed by atoms with Crippen molar-refractivity contribution in [1.82, 2.24) is 14.8 Å². The maximum absolute atomic E-state index is 14.1. The van der Waals surface area contributed by atoms with Crippen LogP contribution in [0.4, 0.5) is 10.1 Å². The lowest BCUT2D eigenvalue weighted by Gasteiger charge is -2.12. The predicted octanol–water partition coefficient (Wildman–Crippen LogP) is 6.62. The third-order valence-corrected chi connectivity index (χ3v) is 6.35. The Bertz CT molecular complexity index is 1300. The monoisotopic (exact) mass is 560 g/mol. The number of benzene rings is 3. The van der Waals surface area contributed by atoms with Crippen molar-refractivity contribution in [2.75, 3.05) is 17.7 Å². The van der Waals surface area contributed by atoms with E-state index in [1.165, 1.54) is 23.9 Å². The molecule has 0 unspecified atom stereocenters. The van der Waals surface area contributed by atoms with E-state index < -0.39 is 5.82 Å². The minimum absolute atomic E-state index is 0.0191. The summed E-state index contributed by atoms with van der Waals surface area (Å²) in [4.78, 5) is 12.5. The van der Waals surface area contributed by atoms with Crippen LogP contribution in [0.2, 0.25) is 5.02 Å². The topological polar surface area (TPSA) is 69.0 Å². The highest BCUT2D eigenvalue weighted by Crippen LogP contribution is 2.30. The third-order valence-electron chi connectivity index (χ3n) is 4.68. The molecule has 1 amide bonds. The lowest BCUT2D eigenvalue weighted by molar-refractivity contribution is -0.113. The molecule has 0 aliphatic rings. The highest BCUT2D eigenvalue weighted by Gasteiger charge is 2.18. The molecule has 0 bridgehead atoms. The molecule has 174 valence electrons. The Morgan fingerprint density at radius 2 is 1.85 bits per heavy atom. The average molecular weight is 562 g/mol. The molecule has 0 fully saturated rings. The van der Waals surface area contributed by atoms with Gasteiger partial charge in [0.1, 0.15) is 11.6 Å². The van der Waals surface area contributed by atoms with E-state index in [1.54, 1.807) is 18.2 Å². The molecule has 34 heavy (non-hydrogen) atoms. The van der Waals surface area contributed by atoms with E-state index in [2.05, 4.69) is 31.4 Å². The predicted molar refractivity (Wildman–Crippen MR) is 136 cm³/mol. The number of carbonyl (C=O) groups is 1. The molecule has 1 aromatic heterocycles. The lowest BCUT2D eigenvalue weighted by atomic mass is 10.2. The average Bonchev–Trinajstić information content (AvgIpc) is 3.25. The number of carbonyl (C=O) groups excluding carboxylic acids is 1. The van der Waals surface area contributed by atoms with Crippen molar-refractivity contribution < 1.29 is 13.9 Å². The fraction of sp³-hybridized carbons (Fsp3) is 0.125.